The van der Waals surface area contributed by atoms with E-state index in [2.05, 4.69) is 27.7 Å². The van der Waals surface area contributed by atoms with Crippen molar-refractivity contribution in [2.75, 3.05) is 0 Å². The lowest BCUT2D eigenvalue weighted by molar-refractivity contribution is -0.166. The summed E-state index contributed by atoms with van der Waals surface area (Å²) in [7, 11) is 0. The lowest BCUT2D eigenvalue weighted by atomic mass is 9.43. The second-order valence-corrected chi connectivity index (χ2v) is 5.27. The summed E-state index contributed by atoms with van der Waals surface area (Å²) in [5.74, 6) is 2.64. The van der Waals surface area contributed by atoms with E-state index < -0.39 is 0 Å². The van der Waals surface area contributed by atoms with Crippen LogP contribution in [0, 0.1) is 29.1 Å². The fourth-order valence-electron chi connectivity index (χ4n) is 3.26. The maximum atomic E-state index is 11.8. The zero-order chi connectivity index (χ0) is 9.09. The van der Waals surface area contributed by atoms with Gasteiger partial charge in [0.2, 0.25) is 0 Å². The third kappa shape index (κ3) is 0.725. The van der Waals surface area contributed by atoms with Gasteiger partial charge >= 0.3 is 0 Å². The topological polar surface area (TPSA) is 17.1 Å². The first-order valence-electron chi connectivity index (χ1n) is 5.00. The van der Waals surface area contributed by atoms with Crippen molar-refractivity contribution < 1.29 is 4.79 Å². The van der Waals surface area contributed by atoms with E-state index in [4.69, 9.17) is 0 Å². The predicted molar refractivity (Wildman–Crippen MR) is 48.7 cm³/mol. The molecule has 0 aromatic carbocycles. The molecule has 0 N–H and O–H groups in total. The maximum absolute atomic E-state index is 11.8. The van der Waals surface area contributed by atoms with Gasteiger partial charge in [-0.2, -0.15) is 0 Å². The van der Waals surface area contributed by atoms with E-state index in [9.17, 15) is 4.79 Å². The van der Waals surface area contributed by atoms with Gasteiger partial charge in [0.25, 0.3) is 0 Å². The monoisotopic (exact) mass is 166 g/mol. The second-order valence-electron chi connectivity index (χ2n) is 5.27. The van der Waals surface area contributed by atoms with Crippen LogP contribution in [0.3, 0.4) is 0 Å². The minimum Gasteiger partial charge on any atom is -0.299 e. The van der Waals surface area contributed by atoms with Crippen LogP contribution in [0.15, 0.2) is 0 Å². The van der Waals surface area contributed by atoms with Crippen LogP contribution in [0.4, 0.5) is 0 Å². The summed E-state index contributed by atoms with van der Waals surface area (Å²) in [6.45, 7) is 8.85. The van der Waals surface area contributed by atoms with Gasteiger partial charge in [-0.05, 0) is 23.7 Å². The number of hydrogen-bond donors (Lipinski definition) is 0. The molecule has 1 heteroatoms. The Bertz CT molecular complexity index is 229. The predicted octanol–water partition coefficient (Wildman–Crippen LogP) is 2.50. The summed E-state index contributed by atoms with van der Waals surface area (Å²) in [6.07, 6.45) is 1.16. The fourth-order valence-corrected chi connectivity index (χ4v) is 3.26. The number of ketones is 1. The van der Waals surface area contributed by atoms with E-state index >= 15 is 0 Å². The van der Waals surface area contributed by atoms with Gasteiger partial charge in [0.05, 0.1) is 0 Å². The van der Waals surface area contributed by atoms with Crippen molar-refractivity contribution >= 4 is 5.78 Å². The lowest BCUT2D eigenvalue weighted by Gasteiger charge is -2.60. The molecule has 2 bridgehead atoms. The fraction of sp³-hybridized carbons (Fsp3) is 0.909. The standard InChI is InChI=1S/C11H18O/c1-6-7(2)10(12)9-5-8(6)11(9,3)4/h6-9H,5H2,1-4H3/t6-,7-,8+,9-/m1/s1. The van der Waals surface area contributed by atoms with Crippen LogP contribution in [-0.2, 0) is 4.79 Å². The Labute approximate surface area is 74.5 Å². The molecule has 3 aliphatic rings. The Morgan fingerprint density at radius 3 is 2.33 bits per heavy atom. The highest BCUT2D eigenvalue weighted by molar-refractivity contribution is 5.86. The number of carbonyl (C=O) groups excluding carboxylic acids is 1. The van der Waals surface area contributed by atoms with Gasteiger partial charge in [-0.15, -0.1) is 0 Å². The molecular weight excluding hydrogens is 148 g/mol. The molecule has 68 valence electrons. The highest BCUT2D eigenvalue weighted by atomic mass is 16.1. The molecule has 1 nitrogen and oxygen atoms in total. The molecule has 3 aliphatic carbocycles. The first kappa shape index (κ1) is 8.28. The number of carbonyl (C=O) groups is 1. The molecular formula is C11H18O. The Kier molecular flexibility index (Phi) is 1.47. The zero-order valence-corrected chi connectivity index (χ0v) is 8.42. The molecule has 3 fully saturated rings. The summed E-state index contributed by atoms with van der Waals surface area (Å²) < 4.78 is 0. The van der Waals surface area contributed by atoms with Crippen molar-refractivity contribution in [3.05, 3.63) is 0 Å². The van der Waals surface area contributed by atoms with Crippen LogP contribution in [0.5, 0.6) is 0 Å². The quantitative estimate of drug-likeness (QED) is 0.540. The molecule has 0 unspecified atom stereocenters. The number of fused-ring (bicyclic) bond motifs is 2. The first-order valence-corrected chi connectivity index (χ1v) is 5.00. The molecule has 0 amide bonds. The van der Waals surface area contributed by atoms with Crippen LogP contribution >= 0.6 is 0 Å². The maximum Gasteiger partial charge on any atom is 0.139 e. The van der Waals surface area contributed by atoms with Crippen LogP contribution < -0.4 is 0 Å². The zero-order valence-electron chi connectivity index (χ0n) is 8.42. The Hall–Kier alpha value is -0.330. The van der Waals surface area contributed by atoms with E-state index in [0.717, 1.165) is 12.3 Å². The molecule has 3 rings (SSSR count). The van der Waals surface area contributed by atoms with Gasteiger partial charge < -0.3 is 0 Å². The Morgan fingerprint density at radius 2 is 1.92 bits per heavy atom. The number of Topliss-reactive ketones (excluding diaryl/α,β-unsaturated/α-hetero) is 1. The van der Waals surface area contributed by atoms with E-state index in [-0.39, 0.29) is 0 Å². The van der Waals surface area contributed by atoms with Crippen molar-refractivity contribution in [3.63, 3.8) is 0 Å². The van der Waals surface area contributed by atoms with Crippen LogP contribution in [0.2, 0.25) is 0 Å². The minimum atomic E-state index is 0.309. The second kappa shape index (κ2) is 2.12. The van der Waals surface area contributed by atoms with Crippen LogP contribution in [0.1, 0.15) is 34.1 Å². The van der Waals surface area contributed by atoms with Gasteiger partial charge in [-0.25, -0.2) is 0 Å². The third-order valence-corrected chi connectivity index (χ3v) is 4.56. The summed E-state index contributed by atoms with van der Waals surface area (Å²) >= 11 is 0. The molecule has 3 saturated carbocycles. The van der Waals surface area contributed by atoms with E-state index in [1.54, 1.807) is 0 Å². The van der Waals surface area contributed by atoms with Gasteiger partial charge in [-0.1, -0.05) is 27.7 Å². The lowest BCUT2D eigenvalue weighted by Crippen LogP contribution is -2.59. The minimum absolute atomic E-state index is 0.309. The molecule has 0 heterocycles. The van der Waals surface area contributed by atoms with Crippen molar-refractivity contribution in [1.82, 2.24) is 0 Å². The van der Waals surface area contributed by atoms with Crippen molar-refractivity contribution in [1.29, 1.82) is 0 Å². The smallest absolute Gasteiger partial charge is 0.139 e. The van der Waals surface area contributed by atoms with E-state index in [0.29, 0.717) is 29.0 Å². The van der Waals surface area contributed by atoms with E-state index in [1.807, 2.05) is 0 Å². The largest absolute Gasteiger partial charge is 0.299 e. The molecule has 4 atom stereocenters. The van der Waals surface area contributed by atoms with Gasteiger partial charge in [0.15, 0.2) is 0 Å². The highest BCUT2D eigenvalue weighted by Gasteiger charge is 2.59. The summed E-state index contributed by atoms with van der Waals surface area (Å²) in [5, 5.41) is 0. The summed E-state index contributed by atoms with van der Waals surface area (Å²) in [6, 6.07) is 0. The van der Waals surface area contributed by atoms with Gasteiger partial charge in [0, 0.05) is 11.8 Å². The Morgan fingerprint density at radius 1 is 1.33 bits per heavy atom. The van der Waals surface area contributed by atoms with Crippen LogP contribution in [-0.4, -0.2) is 5.78 Å². The first-order chi connectivity index (χ1) is 5.46. The average Bonchev–Trinajstić information content (AvgIpc) is 1.98. The molecule has 0 saturated heterocycles. The highest BCUT2D eigenvalue weighted by Crippen LogP contribution is 2.61. The molecule has 12 heavy (non-hydrogen) atoms. The van der Waals surface area contributed by atoms with Crippen molar-refractivity contribution in [2.45, 2.75) is 34.1 Å². The Balaban J connectivity index is 2.30. The molecule has 0 radical (unpaired) electrons. The number of hydrogen-bond acceptors (Lipinski definition) is 1. The number of rotatable bonds is 0. The van der Waals surface area contributed by atoms with Crippen LogP contribution in [0.25, 0.3) is 0 Å². The summed E-state index contributed by atoms with van der Waals surface area (Å²) in [4.78, 5) is 11.8. The van der Waals surface area contributed by atoms with E-state index in [1.165, 1.54) is 0 Å². The molecule has 0 aliphatic heterocycles. The molecule has 0 aromatic heterocycles. The van der Waals surface area contributed by atoms with Crippen molar-refractivity contribution in [2.24, 2.45) is 29.1 Å². The van der Waals surface area contributed by atoms with Gasteiger partial charge in [-0.3, -0.25) is 4.79 Å². The van der Waals surface area contributed by atoms with Gasteiger partial charge in [0.1, 0.15) is 5.78 Å². The summed E-state index contributed by atoms with van der Waals surface area (Å²) in [5.41, 5.74) is 0.309. The SMILES string of the molecule is C[C@@H]1[C@@H](C)C(=O)[C@H]2C[C@@H]1C2(C)C. The third-order valence-electron chi connectivity index (χ3n) is 4.56. The molecule has 0 aromatic rings. The average molecular weight is 166 g/mol. The molecule has 0 spiro atoms. The van der Waals surface area contributed by atoms with Crippen molar-refractivity contribution in [3.8, 4) is 0 Å². The normalized spacial score (nSPS) is 50.2.